The van der Waals surface area contributed by atoms with Gasteiger partial charge < -0.3 is 55.0 Å². The molecule has 5 rings (SSSR count). The Hall–Kier alpha value is -6.26. The third-order valence-corrected chi connectivity index (χ3v) is 17.8. The van der Waals surface area contributed by atoms with Crippen LogP contribution in [0.25, 0.3) is 0 Å². The van der Waals surface area contributed by atoms with Gasteiger partial charge >= 0.3 is 23.9 Å². The van der Waals surface area contributed by atoms with Gasteiger partial charge in [0.05, 0.1) is 41.8 Å². The third-order valence-electron chi connectivity index (χ3n) is 16.6. The standard InChI is InChI=1S/C64H87BrClN5O15/c1-36(2)47(31-46(72)19-14-13-18-40(6)83-60(78)39(5)35-65)58(76)69-48(20-16-26-68-62(67)80)50(73)30-43-22-24-45(25-23-43)59(77)70(10)42(8)61(79)85-53-32-54(74)71(11)49-29-44(28-38(4)56(49)66)27-37(3)17-15-21-52(82-12)64(81)33-51(84-55(75)34-64)41(7)57-63(53,9)86-57/h15,17,21-25,28-29,36,40-42,47-48,51-53,57,81H,5,13-14,16,18-20,26-27,30-35H2,1-4,6-12H3,(H,69,76)(H3,67,68,80)/b21-15+,37-17+/t40?,41-,42+,47+,48+,51+,52-,53+,57+,63+,64-/m1/s1. The molecule has 86 heavy (non-hydrogen) atoms. The lowest BCUT2D eigenvalue weighted by molar-refractivity contribution is -0.187. The van der Waals surface area contributed by atoms with Gasteiger partial charge in [-0.2, -0.15) is 0 Å². The number of nitrogens with one attached hydrogen (secondary N) is 2. The number of hydrogen-bond donors (Lipinski definition) is 4. The molecule has 5 N–H and O–H groups in total. The molecule has 20 nitrogen and oxygen atoms in total. The Morgan fingerprint density at radius 1 is 1.02 bits per heavy atom. The molecule has 3 aliphatic rings. The Morgan fingerprint density at radius 3 is 2.35 bits per heavy atom. The zero-order valence-corrected chi connectivity index (χ0v) is 53.8. The van der Waals surface area contributed by atoms with Crippen LogP contribution in [0.4, 0.5) is 10.5 Å². The number of benzene rings is 2. The molecule has 11 atom stereocenters. The van der Waals surface area contributed by atoms with E-state index in [0.717, 1.165) is 16.7 Å². The van der Waals surface area contributed by atoms with Crippen LogP contribution >= 0.6 is 27.5 Å². The van der Waals surface area contributed by atoms with Crippen LogP contribution in [-0.2, 0) is 70.1 Å². The first-order chi connectivity index (χ1) is 40.4. The van der Waals surface area contributed by atoms with Crippen LogP contribution in [0.5, 0.6) is 0 Å². The number of ether oxygens (including phenoxy) is 5. The lowest BCUT2D eigenvalue weighted by atomic mass is 9.78. The molecule has 472 valence electrons. The van der Waals surface area contributed by atoms with Gasteiger partial charge in [-0.15, -0.1) is 0 Å². The average molecular weight is 1280 g/mol. The van der Waals surface area contributed by atoms with E-state index in [4.69, 9.17) is 41.0 Å². The highest BCUT2D eigenvalue weighted by Crippen LogP contribution is 2.50. The summed E-state index contributed by atoms with van der Waals surface area (Å²) in [4.78, 5) is 123. The number of hydrogen-bond acceptors (Lipinski definition) is 15. The predicted octanol–water partition coefficient (Wildman–Crippen LogP) is 8.10. The largest absolute Gasteiger partial charge is 0.462 e. The highest BCUT2D eigenvalue weighted by atomic mass is 79.9. The maximum Gasteiger partial charge on any atom is 0.334 e. The third kappa shape index (κ3) is 19.1. The SMILES string of the molecule is C=C(CBr)C(=O)OC(C)CCCCC(=O)C[C@H](C(=O)N[C@@H](CCCNC(N)=O)C(=O)Cc1ccc(C(=O)N(C)[C@@H](C)C(=O)O[C@H]2CC(=O)N(C)c3cc(cc(C)c3Cl)C/C(C)=C/C=C/[C@@H](OC)[C@]3(O)CC(=O)O[C@@H](C3)[C@@H](C)[C@@H]3O[C@@]23C)cc1)C(C)C. The quantitative estimate of drug-likeness (QED) is 0.0182. The monoisotopic (exact) mass is 1280 g/mol. The highest BCUT2D eigenvalue weighted by Gasteiger charge is 2.64. The Morgan fingerprint density at radius 2 is 1.71 bits per heavy atom. The topological polar surface area (TPSA) is 280 Å². The number of alkyl halides is 1. The van der Waals surface area contributed by atoms with Crippen LogP contribution < -0.4 is 21.3 Å². The summed E-state index contributed by atoms with van der Waals surface area (Å²) in [5.41, 5.74) is 6.30. The number of epoxide rings is 1. The molecular weight excluding hydrogens is 1190 g/mol. The van der Waals surface area contributed by atoms with Crippen molar-refractivity contribution in [2.24, 2.45) is 23.5 Å². The lowest BCUT2D eigenvalue weighted by Crippen LogP contribution is -2.53. The van der Waals surface area contributed by atoms with Gasteiger partial charge in [0.25, 0.3) is 5.91 Å². The van der Waals surface area contributed by atoms with Gasteiger partial charge in [0.15, 0.2) is 5.78 Å². The zero-order chi connectivity index (χ0) is 64.0. The number of anilines is 1. The van der Waals surface area contributed by atoms with E-state index in [1.54, 1.807) is 52.1 Å². The van der Waals surface area contributed by atoms with Crippen LogP contribution in [0.2, 0.25) is 5.02 Å². The number of urea groups is 1. The molecule has 5 amide bonds. The van der Waals surface area contributed by atoms with Gasteiger partial charge in [-0.05, 0) is 114 Å². The number of methoxy groups -OCH3 is 1. The maximum atomic E-state index is 14.5. The molecule has 22 heteroatoms. The van der Waals surface area contributed by atoms with Crippen molar-refractivity contribution in [3.8, 4) is 0 Å². The molecule has 2 saturated heterocycles. The van der Waals surface area contributed by atoms with Gasteiger partial charge in [-0.3, -0.25) is 28.8 Å². The van der Waals surface area contributed by atoms with E-state index < -0.39 is 101 Å². The number of carbonyl (C=O) groups excluding carboxylic acids is 9. The van der Waals surface area contributed by atoms with Crippen molar-refractivity contribution >= 4 is 86.4 Å². The van der Waals surface area contributed by atoms with Crippen LogP contribution in [0.15, 0.2) is 72.4 Å². The second kappa shape index (κ2) is 31.6. The summed E-state index contributed by atoms with van der Waals surface area (Å²) in [6.07, 6.45) is 3.26. The summed E-state index contributed by atoms with van der Waals surface area (Å²) in [6.45, 7) is 18.0. The van der Waals surface area contributed by atoms with E-state index >= 15 is 0 Å². The molecule has 0 saturated carbocycles. The second-order valence-corrected chi connectivity index (χ2v) is 24.8. The van der Waals surface area contributed by atoms with E-state index in [0.29, 0.717) is 59.3 Å². The van der Waals surface area contributed by atoms with Crippen LogP contribution in [0.1, 0.15) is 140 Å². The summed E-state index contributed by atoms with van der Waals surface area (Å²) in [5, 5.41) is 18.0. The summed E-state index contributed by atoms with van der Waals surface area (Å²) in [5.74, 6) is -5.49. The molecule has 0 aromatic heterocycles. The smallest absolute Gasteiger partial charge is 0.334 e. The normalized spacial score (nSPS) is 24.7. The number of esters is 3. The minimum Gasteiger partial charge on any atom is -0.462 e. The fraction of sp³-hybridized carbons (Fsp3) is 0.578. The second-order valence-electron chi connectivity index (χ2n) is 23.9. The fourth-order valence-electron chi connectivity index (χ4n) is 11.0. The van der Waals surface area contributed by atoms with Crippen molar-refractivity contribution in [3.05, 3.63) is 99.6 Å². The zero-order valence-electron chi connectivity index (χ0n) is 51.5. The number of ketones is 2. The average Bonchev–Trinajstić information content (AvgIpc) is 1.61. The number of amides is 5. The number of Topliss-reactive ketones (excluding diaryl/α,β-unsaturated/α-hetero) is 2. The van der Waals surface area contributed by atoms with E-state index in [2.05, 4.69) is 33.1 Å². The van der Waals surface area contributed by atoms with Crippen molar-refractivity contribution < 1.29 is 71.9 Å². The first kappa shape index (κ1) is 70.5. The van der Waals surface area contributed by atoms with Crippen LogP contribution in [-0.4, -0.2) is 150 Å². The highest BCUT2D eigenvalue weighted by molar-refractivity contribution is 9.09. The van der Waals surface area contributed by atoms with Gasteiger partial charge in [-0.25, -0.2) is 14.4 Å². The van der Waals surface area contributed by atoms with Crippen molar-refractivity contribution in [3.63, 3.8) is 0 Å². The minimum atomic E-state index is -1.64. The van der Waals surface area contributed by atoms with Gasteiger partial charge in [0.2, 0.25) is 11.8 Å². The number of unbranched alkanes of at least 4 members (excludes halogenated alkanes) is 1. The van der Waals surface area contributed by atoms with E-state index in [-0.39, 0.29) is 80.6 Å². The summed E-state index contributed by atoms with van der Waals surface area (Å²) < 4.78 is 29.6. The minimum absolute atomic E-state index is 0.0000192. The first-order valence-electron chi connectivity index (χ1n) is 29.3. The van der Waals surface area contributed by atoms with E-state index in [1.807, 2.05) is 45.9 Å². The summed E-state index contributed by atoms with van der Waals surface area (Å²) in [6, 6.07) is 7.01. The Bertz CT molecular complexity index is 2900. The molecule has 2 aromatic carbocycles. The Balaban J connectivity index is 1.29. The fourth-order valence-corrected chi connectivity index (χ4v) is 11.4. The number of aryl methyl sites for hydroxylation is 1. The van der Waals surface area contributed by atoms with E-state index in [1.165, 1.54) is 43.0 Å². The summed E-state index contributed by atoms with van der Waals surface area (Å²) in [7, 11) is 4.46. The van der Waals surface area contributed by atoms with Crippen molar-refractivity contribution in [2.75, 3.05) is 38.0 Å². The van der Waals surface area contributed by atoms with Crippen molar-refractivity contribution in [1.82, 2.24) is 15.5 Å². The Kier molecular flexibility index (Phi) is 25.9. The predicted molar refractivity (Wildman–Crippen MR) is 328 cm³/mol. The number of nitrogens with two attached hydrogens (primary N) is 1. The molecule has 4 bridgehead atoms. The number of nitrogens with zero attached hydrogens (tertiary/aromatic N) is 2. The molecule has 0 spiro atoms. The van der Waals surface area contributed by atoms with Crippen molar-refractivity contribution in [1.29, 1.82) is 0 Å². The maximum absolute atomic E-state index is 14.5. The molecule has 0 aliphatic carbocycles. The number of carbonyl (C=O) groups is 9. The number of likely N-dealkylation sites (N-methyl/N-ethyl adjacent to an activating group) is 1. The molecule has 2 fully saturated rings. The number of primary amides is 1. The summed E-state index contributed by atoms with van der Waals surface area (Å²) >= 11 is 10.1. The molecule has 2 aromatic rings. The lowest BCUT2D eigenvalue weighted by Gasteiger charge is -2.41. The van der Waals surface area contributed by atoms with Gasteiger partial charge in [0, 0.05) is 81.7 Å². The first-order valence-corrected chi connectivity index (χ1v) is 30.8. The van der Waals surface area contributed by atoms with E-state index in [9.17, 15) is 48.3 Å². The molecule has 3 heterocycles. The number of rotatable bonds is 25. The Labute approximate surface area is 518 Å². The molecule has 0 radical (unpaired) electrons. The molecule has 1 unspecified atom stereocenters. The van der Waals surface area contributed by atoms with Crippen LogP contribution in [0, 0.1) is 24.7 Å². The number of halogens is 2. The number of allylic oxidation sites excluding steroid dienone is 3. The molecule has 3 aliphatic heterocycles. The van der Waals surface area contributed by atoms with Crippen LogP contribution in [0.3, 0.4) is 0 Å². The molecular formula is C64H87BrClN5O15. The number of aliphatic hydroxyl groups is 1. The number of fused-ring (bicyclic) bond motifs is 5. The van der Waals surface area contributed by atoms with Gasteiger partial charge in [0.1, 0.15) is 41.3 Å². The van der Waals surface area contributed by atoms with Crippen molar-refractivity contribution in [2.45, 2.75) is 186 Å². The van der Waals surface area contributed by atoms with Gasteiger partial charge in [-0.1, -0.05) is 96.9 Å².